The summed E-state index contributed by atoms with van der Waals surface area (Å²) in [6.07, 6.45) is 1.61. The fourth-order valence-corrected chi connectivity index (χ4v) is 3.12. The predicted molar refractivity (Wildman–Crippen MR) is 73.6 cm³/mol. The summed E-state index contributed by atoms with van der Waals surface area (Å²) in [6, 6.07) is 0. The number of hydrogen-bond acceptors (Lipinski definition) is 6. The molecule has 0 aromatic carbocycles. The van der Waals surface area contributed by atoms with Crippen LogP contribution in [0.3, 0.4) is 0 Å². The largest absolute Gasteiger partial charge is 0.381 e. The highest BCUT2D eigenvalue weighted by Gasteiger charge is 2.59. The van der Waals surface area contributed by atoms with Crippen molar-refractivity contribution in [2.24, 2.45) is 0 Å². The van der Waals surface area contributed by atoms with E-state index in [4.69, 9.17) is 28.4 Å². The van der Waals surface area contributed by atoms with Crippen LogP contribution in [-0.2, 0) is 28.4 Å². The molecule has 3 rings (SSSR count). The van der Waals surface area contributed by atoms with Crippen molar-refractivity contribution in [1.82, 2.24) is 0 Å². The number of hydrogen-bond donors (Lipinski definition) is 0. The molecule has 3 atom stereocenters. The van der Waals surface area contributed by atoms with Gasteiger partial charge in [0.15, 0.2) is 11.6 Å². The van der Waals surface area contributed by atoms with Gasteiger partial charge in [0.25, 0.3) is 0 Å². The minimum absolute atomic E-state index is 0.138. The first-order valence-corrected chi connectivity index (χ1v) is 7.30. The molecule has 120 valence electrons. The molecule has 3 heterocycles. The summed E-state index contributed by atoms with van der Waals surface area (Å²) in [4.78, 5) is 0. The molecular formula is C15H24O6. The highest BCUT2D eigenvalue weighted by molar-refractivity contribution is 5.26. The zero-order valence-corrected chi connectivity index (χ0v) is 13.3. The Morgan fingerprint density at radius 3 is 2.52 bits per heavy atom. The van der Waals surface area contributed by atoms with Crippen LogP contribution in [0.5, 0.6) is 0 Å². The third-order valence-corrected chi connectivity index (χ3v) is 3.90. The first-order chi connectivity index (χ1) is 9.77. The molecule has 0 aromatic heterocycles. The smallest absolute Gasteiger partial charge is 0.220 e. The van der Waals surface area contributed by atoms with Crippen LogP contribution >= 0.6 is 0 Å². The topological polar surface area (TPSA) is 55.4 Å². The van der Waals surface area contributed by atoms with Gasteiger partial charge >= 0.3 is 0 Å². The van der Waals surface area contributed by atoms with E-state index in [-0.39, 0.29) is 12.2 Å². The molecule has 6 heteroatoms. The third-order valence-electron chi connectivity index (χ3n) is 3.90. The monoisotopic (exact) mass is 300 g/mol. The maximum absolute atomic E-state index is 6.06. The third kappa shape index (κ3) is 2.76. The summed E-state index contributed by atoms with van der Waals surface area (Å²) in [5.74, 6) is -2.23. The lowest BCUT2D eigenvalue weighted by atomic mass is 9.93. The summed E-state index contributed by atoms with van der Waals surface area (Å²) in [7, 11) is 1.65. The van der Waals surface area contributed by atoms with E-state index in [0.29, 0.717) is 19.8 Å². The van der Waals surface area contributed by atoms with Crippen molar-refractivity contribution in [3.05, 3.63) is 11.6 Å². The number of rotatable bonds is 2. The predicted octanol–water partition coefficient (Wildman–Crippen LogP) is 1.59. The lowest BCUT2D eigenvalue weighted by Crippen LogP contribution is -2.52. The van der Waals surface area contributed by atoms with Crippen LogP contribution in [0.4, 0.5) is 0 Å². The Morgan fingerprint density at radius 1 is 1.14 bits per heavy atom. The van der Waals surface area contributed by atoms with E-state index in [2.05, 4.69) is 0 Å². The minimum atomic E-state index is -0.910. The molecule has 3 fully saturated rings. The SMILES string of the molecule is COC/C=C1/[C@@H]2OC(C)(C)O[C@@H]2COC12COC(C)(C)O2. The summed E-state index contributed by atoms with van der Waals surface area (Å²) in [5.41, 5.74) is 0.886. The second-order valence-corrected chi connectivity index (χ2v) is 6.56. The van der Waals surface area contributed by atoms with Crippen molar-refractivity contribution >= 4 is 0 Å². The first-order valence-electron chi connectivity index (χ1n) is 7.30. The van der Waals surface area contributed by atoms with Crippen LogP contribution in [0.1, 0.15) is 27.7 Å². The van der Waals surface area contributed by atoms with Gasteiger partial charge in [-0.15, -0.1) is 0 Å². The van der Waals surface area contributed by atoms with Crippen molar-refractivity contribution in [2.45, 2.75) is 57.3 Å². The van der Waals surface area contributed by atoms with Crippen LogP contribution in [0, 0.1) is 0 Å². The average molecular weight is 300 g/mol. The fraction of sp³-hybridized carbons (Fsp3) is 0.867. The van der Waals surface area contributed by atoms with Gasteiger partial charge < -0.3 is 28.4 Å². The molecule has 6 nitrogen and oxygen atoms in total. The zero-order valence-electron chi connectivity index (χ0n) is 13.3. The second-order valence-electron chi connectivity index (χ2n) is 6.56. The van der Waals surface area contributed by atoms with Gasteiger partial charge in [0.2, 0.25) is 5.79 Å². The van der Waals surface area contributed by atoms with Crippen molar-refractivity contribution in [2.75, 3.05) is 26.9 Å². The van der Waals surface area contributed by atoms with Crippen LogP contribution in [0.2, 0.25) is 0 Å². The van der Waals surface area contributed by atoms with E-state index in [1.54, 1.807) is 7.11 Å². The molecular weight excluding hydrogens is 276 g/mol. The lowest BCUT2D eigenvalue weighted by Gasteiger charge is -2.39. The second kappa shape index (κ2) is 5.01. The normalized spacial score (nSPS) is 42.6. The minimum Gasteiger partial charge on any atom is -0.381 e. The van der Waals surface area contributed by atoms with Gasteiger partial charge in [-0.3, -0.25) is 0 Å². The molecule has 0 radical (unpaired) electrons. The van der Waals surface area contributed by atoms with E-state index in [1.807, 2.05) is 33.8 Å². The van der Waals surface area contributed by atoms with Crippen LogP contribution in [0.25, 0.3) is 0 Å². The van der Waals surface area contributed by atoms with Gasteiger partial charge in [0.1, 0.15) is 18.8 Å². The highest BCUT2D eigenvalue weighted by atomic mass is 16.8. The van der Waals surface area contributed by atoms with Crippen molar-refractivity contribution in [1.29, 1.82) is 0 Å². The Balaban J connectivity index is 1.92. The average Bonchev–Trinajstić information content (AvgIpc) is 2.85. The Morgan fingerprint density at radius 2 is 1.90 bits per heavy atom. The van der Waals surface area contributed by atoms with Crippen molar-refractivity contribution < 1.29 is 28.4 Å². The molecule has 3 aliphatic rings. The molecule has 0 aromatic rings. The zero-order chi connectivity index (χ0) is 15.3. The maximum atomic E-state index is 6.06. The molecule has 3 saturated heterocycles. The summed E-state index contributed by atoms with van der Waals surface area (Å²) in [6.45, 7) is 8.77. The van der Waals surface area contributed by atoms with Gasteiger partial charge in [-0.25, -0.2) is 0 Å². The molecule has 0 amide bonds. The molecule has 0 N–H and O–H groups in total. The fourth-order valence-electron chi connectivity index (χ4n) is 3.12. The number of methoxy groups -OCH3 is 1. The summed E-state index contributed by atoms with van der Waals surface area (Å²) >= 11 is 0. The van der Waals surface area contributed by atoms with E-state index in [1.165, 1.54) is 0 Å². The molecule has 3 aliphatic heterocycles. The highest BCUT2D eigenvalue weighted by Crippen LogP contribution is 2.46. The molecule has 0 aliphatic carbocycles. The number of fused-ring (bicyclic) bond motifs is 1. The van der Waals surface area contributed by atoms with Gasteiger partial charge in [0, 0.05) is 12.7 Å². The number of ether oxygens (including phenoxy) is 6. The summed E-state index contributed by atoms with van der Waals surface area (Å²) in [5, 5.41) is 0. The van der Waals surface area contributed by atoms with Crippen LogP contribution < -0.4 is 0 Å². The summed E-state index contributed by atoms with van der Waals surface area (Å²) < 4.78 is 34.9. The lowest BCUT2D eigenvalue weighted by molar-refractivity contribution is -0.256. The standard InChI is InChI=1S/C15H24O6/c1-13(2)18-9-15(21-13)10(6-7-16-5)12-11(8-17-15)19-14(3,4)20-12/h6,11-12H,7-9H2,1-5H3/b10-6-/t11-,12+,15?/m1/s1. The Bertz CT molecular complexity index is 441. The Kier molecular flexibility index (Phi) is 3.67. The van der Waals surface area contributed by atoms with E-state index in [9.17, 15) is 0 Å². The van der Waals surface area contributed by atoms with E-state index < -0.39 is 17.4 Å². The van der Waals surface area contributed by atoms with Gasteiger partial charge in [-0.05, 0) is 27.7 Å². The van der Waals surface area contributed by atoms with Gasteiger partial charge in [-0.2, -0.15) is 0 Å². The molecule has 1 unspecified atom stereocenters. The van der Waals surface area contributed by atoms with Gasteiger partial charge in [0.05, 0.1) is 13.2 Å². The van der Waals surface area contributed by atoms with E-state index >= 15 is 0 Å². The van der Waals surface area contributed by atoms with E-state index in [0.717, 1.165) is 5.57 Å². The van der Waals surface area contributed by atoms with Crippen LogP contribution in [0.15, 0.2) is 11.6 Å². The molecule has 1 spiro atoms. The molecule has 21 heavy (non-hydrogen) atoms. The quantitative estimate of drug-likeness (QED) is 0.722. The van der Waals surface area contributed by atoms with Crippen molar-refractivity contribution in [3.8, 4) is 0 Å². The Labute approximate surface area is 125 Å². The molecule has 0 saturated carbocycles. The first kappa shape index (κ1) is 15.4. The van der Waals surface area contributed by atoms with Crippen LogP contribution in [-0.4, -0.2) is 56.5 Å². The van der Waals surface area contributed by atoms with Gasteiger partial charge in [-0.1, -0.05) is 6.08 Å². The maximum Gasteiger partial charge on any atom is 0.220 e. The Hall–Kier alpha value is -0.500. The van der Waals surface area contributed by atoms with Crippen molar-refractivity contribution in [3.63, 3.8) is 0 Å². The molecule has 0 bridgehead atoms.